The van der Waals surface area contributed by atoms with Crippen LogP contribution in [0.25, 0.3) is 0 Å². The summed E-state index contributed by atoms with van der Waals surface area (Å²) < 4.78 is 0. The van der Waals surface area contributed by atoms with Gasteiger partial charge >= 0.3 is 5.97 Å². The van der Waals surface area contributed by atoms with Crippen molar-refractivity contribution in [3.63, 3.8) is 0 Å². The zero-order valence-corrected chi connectivity index (χ0v) is 17.3. The summed E-state index contributed by atoms with van der Waals surface area (Å²) in [6.45, 7) is 4.35. The standard InChI is InChI=1S/C16H29N5O7S/c1-6(2)11(15(26)21-12(7(3)22)16(27)28)20-14(25)9(4-10(18)23)19-13(24)8(17)5-29/h6-9,11-12,22,29H,4-5,17H2,1-3H3,(H2,18,23)(H,19,24)(H,20,25)(H,21,26)(H,27,28). The quantitative estimate of drug-likeness (QED) is 0.145. The molecule has 0 aromatic carbocycles. The molecule has 12 nitrogen and oxygen atoms in total. The second-order valence-corrected chi connectivity index (χ2v) is 7.18. The monoisotopic (exact) mass is 435 g/mol. The third kappa shape index (κ3) is 9.11. The van der Waals surface area contributed by atoms with Crippen LogP contribution >= 0.6 is 12.6 Å². The molecular formula is C16H29N5O7S. The zero-order valence-electron chi connectivity index (χ0n) is 16.4. The molecule has 0 radical (unpaired) electrons. The van der Waals surface area contributed by atoms with E-state index < -0.39 is 72.2 Å². The van der Waals surface area contributed by atoms with Crippen LogP contribution in [0.4, 0.5) is 0 Å². The number of carbonyl (C=O) groups excluding carboxylic acids is 4. The molecule has 0 aliphatic heterocycles. The highest BCUT2D eigenvalue weighted by molar-refractivity contribution is 7.80. The van der Waals surface area contributed by atoms with Crippen LogP contribution in [0.5, 0.6) is 0 Å². The van der Waals surface area contributed by atoms with E-state index in [0.717, 1.165) is 0 Å². The number of carboxylic acids is 1. The predicted octanol–water partition coefficient (Wildman–Crippen LogP) is -3.31. The third-order valence-electron chi connectivity index (χ3n) is 3.86. The van der Waals surface area contributed by atoms with Gasteiger partial charge in [0.05, 0.1) is 18.6 Å². The lowest BCUT2D eigenvalue weighted by molar-refractivity contribution is -0.145. The van der Waals surface area contributed by atoms with Gasteiger partial charge in [-0.3, -0.25) is 19.2 Å². The number of nitrogens with two attached hydrogens (primary N) is 2. The van der Waals surface area contributed by atoms with Gasteiger partial charge < -0.3 is 37.6 Å². The van der Waals surface area contributed by atoms with E-state index in [1.54, 1.807) is 13.8 Å². The van der Waals surface area contributed by atoms with Crippen molar-refractivity contribution in [1.82, 2.24) is 16.0 Å². The van der Waals surface area contributed by atoms with Crippen LogP contribution in [-0.2, 0) is 24.0 Å². The number of rotatable bonds is 12. The van der Waals surface area contributed by atoms with Gasteiger partial charge in [0, 0.05) is 5.75 Å². The molecule has 5 atom stereocenters. The molecule has 29 heavy (non-hydrogen) atoms. The molecule has 0 bridgehead atoms. The van der Waals surface area contributed by atoms with Crippen LogP contribution in [0, 0.1) is 5.92 Å². The molecule has 0 rings (SSSR count). The highest BCUT2D eigenvalue weighted by Gasteiger charge is 2.33. The minimum absolute atomic E-state index is 0.0102. The smallest absolute Gasteiger partial charge is 0.328 e. The summed E-state index contributed by atoms with van der Waals surface area (Å²) >= 11 is 3.87. The van der Waals surface area contributed by atoms with Crippen LogP contribution in [0.2, 0.25) is 0 Å². The number of amides is 4. The topological polar surface area (TPSA) is 214 Å². The van der Waals surface area contributed by atoms with Gasteiger partial charge in [-0.05, 0) is 12.8 Å². The minimum atomic E-state index is -1.59. The van der Waals surface area contributed by atoms with Crippen molar-refractivity contribution in [3.05, 3.63) is 0 Å². The molecule has 0 heterocycles. The average molecular weight is 436 g/mol. The fraction of sp³-hybridized carbons (Fsp3) is 0.688. The molecule has 4 amide bonds. The number of aliphatic hydroxyl groups excluding tert-OH is 1. The van der Waals surface area contributed by atoms with Crippen LogP contribution in [0.3, 0.4) is 0 Å². The van der Waals surface area contributed by atoms with Crippen molar-refractivity contribution in [2.75, 3.05) is 5.75 Å². The number of carbonyl (C=O) groups is 5. The van der Waals surface area contributed by atoms with Crippen molar-refractivity contribution in [2.24, 2.45) is 17.4 Å². The molecular weight excluding hydrogens is 406 g/mol. The second-order valence-electron chi connectivity index (χ2n) is 6.82. The normalized spacial score (nSPS) is 16.1. The SMILES string of the molecule is CC(C)C(NC(=O)C(CC(N)=O)NC(=O)C(N)CS)C(=O)NC(C(=O)O)C(C)O. The van der Waals surface area contributed by atoms with Gasteiger partial charge in [0.1, 0.15) is 12.1 Å². The average Bonchev–Trinajstić information content (AvgIpc) is 2.60. The Morgan fingerprint density at radius 3 is 1.83 bits per heavy atom. The fourth-order valence-corrected chi connectivity index (χ4v) is 2.36. The first-order valence-corrected chi connectivity index (χ1v) is 9.41. The Bertz CT molecular complexity index is 629. The number of primary amides is 1. The van der Waals surface area contributed by atoms with Gasteiger partial charge in [0.15, 0.2) is 6.04 Å². The summed E-state index contributed by atoms with van der Waals surface area (Å²) in [6, 6.07) is -5.23. The summed E-state index contributed by atoms with van der Waals surface area (Å²) in [6.07, 6.45) is -1.93. The number of thiol groups is 1. The second kappa shape index (κ2) is 12.2. The van der Waals surface area contributed by atoms with Gasteiger partial charge in [0.25, 0.3) is 0 Å². The Hall–Kier alpha value is -2.38. The summed E-state index contributed by atoms with van der Waals surface area (Å²) in [5.74, 6) is -5.33. The van der Waals surface area contributed by atoms with Crippen LogP contribution in [0.15, 0.2) is 0 Å². The lowest BCUT2D eigenvalue weighted by atomic mass is 10.0. The Morgan fingerprint density at radius 1 is 0.931 bits per heavy atom. The first-order valence-electron chi connectivity index (χ1n) is 8.78. The Labute approximate surface area is 173 Å². The highest BCUT2D eigenvalue weighted by atomic mass is 32.1. The van der Waals surface area contributed by atoms with Crippen molar-refractivity contribution in [2.45, 2.75) is 57.5 Å². The summed E-state index contributed by atoms with van der Waals surface area (Å²) in [7, 11) is 0. The fourth-order valence-electron chi connectivity index (χ4n) is 2.19. The van der Waals surface area contributed by atoms with E-state index in [9.17, 15) is 29.1 Å². The van der Waals surface area contributed by atoms with Crippen LogP contribution in [0.1, 0.15) is 27.2 Å². The van der Waals surface area contributed by atoms with Crippen LogP contribution in [-0.4, -0.2) is 75.8 Å². The van der Waals surface area contributed by atoms with Crippen molar-refractivity contribution in [3.8, 4) is 0 Å². The molecule has 0 fully saturated rings. The molecule has 0 aliphatic rings. The first-order chi connectivity index (χ1) is 13.3. The number of aliphatic hydroxyl groups is 1. The first kappa shape index (κ1) is 26.6. The summed E-state index contributed by atoms with van der Waals surface area (Å²) in [4.78, 5) is 59.4. The summed E-state index contributed by atoms with van der Waals surface area (Å²) in [5.41, 5.74) is 10.6. The molecule has 0 spiro atoms. The van der Waals surface area contributed by atoms with E-state index in [2.05, 4.69) is 28.6 Å². The zero-order chi connectivity index (χ0) is 22.9. The Morgan fingerprint density at radius 2 is 1.45 bits per heavy atom. The molecule has 0 aliphatic carbocycles. The number of carboxylic acid groups (broad SMARTS) is 1. The van der Waals surface area contributed by atoms with E-state index in [1.165, 1.54) is 6.92 Å². The van der Waals surface area contributed by atoms with E-state index >= 15 is 0 Å². The molecule has 0 aromatic heterocycles. The van der Waals surface area contributed by atoms with Crippen molar-refractivity contribution < 1.29 is 34.2 Å². The van der Waals surface area contributed by atoms with Gasteiger partial charge in [-0.1, -0.05) is 13.8 Å². The molecule has 5 unspecified atom stereocenters. The van der Waals surface area contributed by atoms with Crippen molar-refractivity contribution in [1.29, 1.82) is 0 Å². The van der Waals surface area contributed by atoms with Gasteiger partial charge in [-0.2, -0.15) is 12.6 Å². The van der Waals surface area contributed by atoms with E-state index in [4.69, 9.17) is 16.6 Å². The summed E-state index contributed by atoms with van der Waals surface area (Å²) in [5, 5.41) is 25.3. The molecule has 13 heteroatoms. The molecule has 166 valence electrons. The lowest BCUT2D eigenvalue weighted by Gasteiger charge is -2.27. The van der Waals surface area contributed by atoms with Gasteiger partial charge in [-0.25, -0.2) is 4.79 Å². The number of aliphatic carboxylic acids is 1. The predicted molar refractivity (Wildman–Crippen MR) is 106 cm³/mol. The maximum absolute atomic E-state index is 12.6. The third-order valence-corrected chi connectivity index (χ3v) is 4.26. The van der Waals surface area contributed by atoms with E-state index in [-0.39, 0.29) is 5.75 Å². The molecule has 0 saturated carbocycles. The minimum Gasteiger partial charge on any atom is -0.480 e. The molecule has 0 aromatic rings. The number of hydrogen-bond acceptors (Lipinski definition) is 8. The van der Waals surface area contributed by atoms with Crippen molar-refractivity contribution >= 4 is 42.2 Å². The maximum Gasteiger partial charge on any atom is 0.328 e. The molecule has 9 N–H and O–H groups in total. The molecule has 0 saturated heterocycles. The van der Waals surface area contributed by atoms with Gasteiger partial charge in [0.2, 0.25) is 23.6 Å². The number of hydrogen-bond donors (Lipinski definition) is 8. The Balaban J connectivity index is 5.41. The Kier molecular flexibility index (Phi) is 11.2. The van der Waals surface area contributed by atoms with Crippen LogP contribution < -0.4 is 27.4 Å². The lowest BCUT2D eigenvalue weighted by Crippen LogP contribution is -2.60. The van der Waals surface area contributed by atoms with E-state index in [0.29, 0.717) is 0 Å². The highest BCUT2D eigenvalue weighted by Crippen LogP contribution is 2.06. The maximum atomic E-state index is 12.6. The van der Waals surface area contributed by atoms with Gasteiger partial charge in [-0.15, -0.1) is 0 Å². The number of nitrogens with one attached hydrogen (secondary N) is 3. The van der Waals surface area contributed by atoms with E-state index in [1.807, 2.05) is 0 Å². The largest absolute Gasteiger partial charge is 0.480 e.